The number of rotatable bonds is 6. The van der Waals surface area contributed by atoms with Gasteiger partial charge in [-0.25, -0.2) is 14.5 Å². The van der Waals surface area contributed by atoms with Crippen molar-refractivity contribution in [2.75, 3.05) is 7.11 Å². The number of methoxy groups -OCH3 is 1. The van der Waals surface area contributed by atoms with Crippen LogP contribution in [0.15, 0.2) is 76.3 Å². The average molecular weight is 506 g/mol. The van der Waals surface area contributed by atoms with Crippen molar-refractivity contribution in [1.29, 1.82) is 0 Å². The van der Waals surface area contributed by atoms with E-state index in [9.17, 15) is 14.0 Å². The monoisotopic (exact) mass is 505 g/mol. The predicted molar refractivity (Wildman–Crippen MR) is 135 cm³/mol. The van der Waals surface area contributed by atoms with Gasteiger partial charge >= 0.3 is 5.69 Å². The Bertz CT molecular complexity index is 1690. The Kier molecular flexibility index (Phi) is 6.15. The molecule has 0 aliphatic rings. The molecular formula is C26H21ClFN5O3. The van der Waals surface area contributed by atoms with Gasteiger partial charge in [0.25, 0.3) is 5.56 Å². The number of hydrogen-bond acceptors (Lipinski definition) is 5. The van der Waals surface area contributed by atoms with E-state index in [1.54, 1.807) is 31.4 Å². The maximum Gasteiger partial charge on any atom is 0.332 e. The first-order chi connectivity index (χ1) is 17.4. The van der Waals surface area contributed by atoms with Crippen molar-refractivity contribution < 1.29 is 9.13 Å². The summed E-state index contributed by atoms with van der Waals surface area (Å²) >= 11 is 6.60. The van der Waals surface area contributed by atoms with E-state index in [1.807, 2.05) is 36.4 Å². The second-order valence-electron chi connectivity index (χ2n) is 8.27. The summed E-state index contributed by atoms with van der Waals surface area (Å²) in [5.74, 6) is 0.150. The topological polar surface area (TPSA) is 83.9 Å². The van der Waals surface area contributed by atoms with Crippen molar-refractivity contribution in [2.24, 2.45) is 7.05 Å². The molecule has 0 atom stereocenters. The smallest absolute Gasteiger partial charge is 0.332 e. The minimum absolute atomic E-state index is 0.143. The van der Waals surface area contributed by atoms with E-state index in [2.05, 4.69) is 10.1 Å². The molecule has 10 heteroatoms. The molecule has 0 amide bonds. The molecule has 5 rings (SSSR count). The van der Waals surface area contributed by atoms with Crippen molar-refractivity contribution in [3.63, 3.8) is 0 Å². The summed E-state index contributed by atoms with van der Waals surface area (Å²) in [5.41, 5.74) is 2.19. The molecule has 0 N–H and O–H groups in total. The maximum atomic E-state index is 13.5. The van der Waals surface area contributed by atoms with E-state index in [-0.39, 0.29) is 29.3 Å². The molecule has 2 aromatic carbocycles. The highest BCUT2D eigenvalue weighted by atomic mass is 35.5. The third kappa shape index (κ3) is 4.29. The number of ether oxygens (including phenoxy) is 1. The Balaban J connectivity index is 1.52. The lowest BCUT2D eigenvalue weighted by molar-refractivity contribution is 0.414. The predicted octanol–water partition coefficient (Wildman–Crippen LogP) is 3.86. The molecule has 8 nitrogen and oxygen atoms in total. The van der Waals surface area contributed by atoms with Gasteiger partial charge in [0.2, 0.25) is 5.95 Å². The Morgan fingerprint density at radius 2 is 1.61 bits per heavy atom. The SMILES string of the molecule is COc1ccc(Cn2c(=O)n(C)c(=O)c3c(Cl)n(Cc4ccc(-c5cccc(F)n5)cc4)nc32)cc1. The second kappa shape index (κ2) is 9.43. The van der Waals surface area contributed by atoms with E-state index in [0.717, 1.165) is 21.3 Å². The molecule has 0 saturated heterocycles. The zero-order valence-electron chi connectivity index (χ0n) is 19.5. The van der Waals surface area contributed by atoms with Crippen LogP contribution in [0, 0.1) is 5.95 Å². The van der Waals surface area contributed by atoms with Crippen LogP contribution >= 0.6 is 11.6 Å². The largest absolute Gasteiger partial charge is 0.497 e. The maximum absolute atomic E-state index is 13.5. The summed E-state index contributed by atoms with van der Waals surface area (Å²) in [6, 6.07) is 19.3. The molecule has 0 aliphatic heterocycles. The highest BCUT2D eigenvalue weighted by Crippen LogP contribution is 2.23. The van der Waals surface area contributed by atoms with Crippen LogP contribution in [0.25, 0.3) is 22.3 Å². The second-order valence-corrected chi connectivity index (χ2v) is 8.63. The van der Waals surface area contributed by atoms with Crippen molar-refractivity contribution in [3.8, 4) is 17.0 Å². The zero-order chi connectivity index (χ0) is 25.4. The highest BCUT2D eigenvalue weighted by Gasteiger charge is 2.20. The third-order valence-corrected chi connectivity index (χ3v) is 6.34. The van der Waals surface area contributed by atoms with Gasteiger partial charge in [0.05, 0.1) is 25.9 Å². The van der Waals surface area contributed by atoms with Crippen LogP contribution in [0.3, 0.4) is 0 Å². The summed E-state index contributed by atoms with van der Waals surface area (Å²) < 4.78 is 22.6. The molecule has 36 heavy (non-hydrogen) atoms. The van der Waals surface area contributed by atoms with Gasteiger partial charge in [-0.3, -0.25) is 13.9 Å². The standard InChI is InChI=1S/C26H21ClFN5O3/c1-31-25(34)22-23(27)33(15-17-6-10-18(11-7-17)20-4-3-5-21(28)29-20)30-24(22)32(26(31)35)14-16-8-12-19(36-2)13-9-16/h3-13H,14-15H2,1-2H3. The first kappa shape index (κ1) is 23.5. The van der Waals surface area contributed by atoms with Crippen LogP contribution in [0.5, 0.6) is 5.75 Å². The van der Waals surface area contributed by atoms with E-state index in [1.165, 1.54) is 22.4 Å². The number of nitrogens with zero attached hydrogens (tertiary/aromatic N) is 5. The first-order valence-corrected chi connectivity index (χ1v) is 11.4. The lowest BCUT2D eigenvalue weighted by Gasteiger charge is -2.09. The molecule has 0 saturated carbocycles. The zero-order valence-corrected chi connectivity index (χ0v) is 20.2. The first-order valence-electron chi connectivity index (χ1n) is 11.1. The number of benzene rings is 2. The van der Waals surface area contributed by atoms with Crippen molar-refractivity contribution in [2.45, 2.75) is 13.1 Å². The molecule has 182 valence electrons. The lowest BCUT2D eigenvalue weighted by atomic mass is 10.1. The van der Waals surface area contributed by atoms with Crippen LogP contribution in [0.2, 0.25) is 5.15 Å². The summed E-state index contributed by atoms with van der Waals surface area (Å²) in [6.07, 6.45) is 0. The van der Waals surface area contributed by atoms with Crippen molar-refractivity contribution >= 4 is 22.6 Å². The van der Waals surface area contributed by atoms with E-state index >= 15 is 0 Å². The molecule has 0 unspecified atom stereocenters. The number of halogens is 2. The fraction of sp³-hybridized carbons (Fsp3) is 0.154. The Morgan fingerprint density at radius 3 is 2.28 bits per heavy atom. The fourth-order valence-electron chi connectivity index (χ4n) is 4.01. The van der Waals surface area contributed by atoms with Gasteiger partial charge in [-0.05, 0) is 35.4 Å². The summed E-state index contributed by atoms with van der Waals surface area (Å²) in [6.45, 7) is 0.473. The summed E-state index contributed by atoms with van der Waals surface area (Å²) in [7, 11) is 3.00. The van der Waals surface area contributed by atoms with Gasteiger partial charge in [-0.15, -0.1) is 0 Å². The summed E-state index contributed by atoms with van der Waals surface area (Å²) in [4.78, 5) is 29.8. The number of fused-ring (bicyclic) bond motifs is 1. The minimum Gasteiger partial charge on any atom is -0.497 e. The van der Waals surface area contributed by atoms with E-state index in [4.69, 9.17) is 16.3 Å². The van der Waals surface area contributed by atoms with E-state index < -0.39 is 17.2 Å². The third-order valence-electron chi connectivity index (χ3n) is 5.96. The Hall–Kier alpha value is -4.24. The normalized spacial score (nSPS) is 11.2. The van der Waals surface area contributed by atoms with Crippen LogP contribution in [-0.4, -0.2) is 31.0 Å². The lowest BCUT2D eigenvalue weighted by Crippen LogP contribution is -2.38. The molecule has 0 fully saturated rings. The van der Waals surface area contributed by atoms with Gasteiger partial charge in [0, 0.05) is 12.6 Å². The van der Waals surface area contributed by atoms with Gasteiger partial charge in [-0.1, -0.05) is 54.1 Å². The summed E-state index contributed by atoms with van der Waals surface area (Å²) in [5, 5.41) is 4.86. The highest BCUT2D eigenvalue weighted by molar-refractivity contribution is 6.34. The Labute approximate surface area is 209 Å². The molecule has 3 heterocycles. The number of hydrogen-bond donors (Lipinski definition) is 0. The van der Waals surface area contributed by atoms with Gasteiger partial charge in [0.1, 0.15) is 16.3 Å². The molecule has 0 aliphatic carbocycles. The van der Waals surface area contributed by atoms with Crippen LogP contribution in [-0.2, 0) is 20.1 Å². The Morgan fingerprint density at radius 1 is 0.944 bits per heavy atom. The van der Waals surface area contributed by atoms with Crippen LogP contribution < -0.4 is 16.0 Å². The van der Waals surface area contributed by atoms with Crippen LogP contribution in [0.4, 0.5) is 4.39 Å². The quantitative estimate of drug-likeness (QED) is 0.327. The minimum atomic E-state index is -0.547. The van der Waals surface area contributed by atoms with Crippen molar-refractivity contribution in [1.82, 2.24) is 23.9 Å². The fourth-order valence-corrected chi connectivity index (χ4v) is 4.28. The van der Waals surface area contributed by atoms with Crippen LogP contribution in [0.1, 0.15) is 11.1 Å². The molecule has 3 aromatic heterocycles. The van der Waals surface area contributed by atoms with Gasteiger partial charge in [0.15, 0.2) is 5.65 Å². The van der Waals surface area contributed by atoms with E-state index in [0.29, 0.717) is 11.4 Å². The molecule has 5 aromatic rings. The van der Waals surface area contributed by atoms with Gasteiger partial charge in [-0.2, -0.15) is 9.49 Å². The average Bonchev–Trinajstić information content (AvgIpc) is 3.21. The van der Waals surface area contributed by atoms with Crippen molar-refractivity contribution in [3.05, 3.63) is 110 Å². The molecule has 0 spiro atoms. The number of aromatic nitrogens is 5. The number of pyridine rings is 1. The molecule has 0 bridgehead atoms. The van der Waals surface area contributed by atoms with Gasteiger partial charge < -0.3 is 4.74 Å². The molecule has 0 radical (unpaired) electrons. The molecular weight excluding hydrogens is 485 g/mol.